The Labute approximate surface area is 60.4 Å². The van der Waals surface area contributed by atoms with Gasteiger partial charge in [0.25, 0.3) is 0 Å². The predicted molar refractivity (Wildman–Crippen MR) is 41.4 cm³/mol. The summed E-state index contributed by atoms with van der Waals surface area (Å²) in [4.78, 5) is 4.05. The summed E-state index contributed by atoms with van der Waals surface area (Å²) in [6, 6.07) is 5.51. The highest BCUT2D eigenvalue weighted by Crippen LogP contribution is 2.04. The van der Waals surface area contributed by atoms with E-state index in [-0.39, 0.29) is 6.04 Å². The number of pyridine rings is 1. The maximum Gasteiger partial charge on any atom is 0.0653 e. The normalized spacial score (nSPS) is 12.5. The van der Waals surface area contributed by atoms with Crippen LogP contribution in [0.25, 0.3) is 0 Å². The second-order valence-corrected chi connectivity index (χ2v) is 2.02. The lowest BCUT2D eigenvalue weighted by Crippen LogP contribution is -2.07. The average molecular weight is 134 g/mol. The van der Waals surface area contributed by atoms with E-state index in [1.807, 2.05) is 18.2 Å². The lowest BCUT2D eigenvalue weighted by molar-refractivity contribution is 0.864. The number of aromatic nitrogens is 1. The van der Waals surface area contributed by atoms with E-state index < -0.39 is 0 Å². The summed E-state index contributed by atoms with van der Waals surface area (Å²) in [7, 11) is 0. The molecular weight excluding hydrogens is 124 g/mol. The van der Waals surface area contributed by atoms with Gasteiger partial charge in [0.15, 0.2) is 0 Å². The predicted octanol–water partition coefficient (Wildman–Crippen LogP) is 1.27. The summed E-state index contributed by atoms with van der Waals surface area (Å²) >= 11 is 0. The van der Waals surface area contributed by atoms with Gasteiger partial charge < -0.3 is 5.73 Å². The SMILES string of the molecule is C=C[C@@H](N)c1ccccn1. The fraction of sp³-hybridized carbons (Fsp3) is 0.125. The van der Waals surface area contributed by atoms with Crippen LogP contribution in [0.2, 0.25) is 0 Å². The Balaban J connectivity index is 2.84. The van der Waals surface area contributed by atoms with Gasteiger partial charge in [0.2, 0.25) is 0 Å². The van der Waals surface area contributed by atoms with E-state index in [0.717, 1.165) is 5.69 Å². The number of nitrogens with zero attached hydrogens (tertiary/aromatic N) is 1. The van der Waals surface area contributed by atoms with E-state index in [0.29, 0.717) is 0 Å². The summed E-state index contributed by atoms with van der Waals surface area (Å²) in [5.74, 6) is 0. The van der Waals surface area contributed by atoms with E-state index in [1.54, 1.807) is 12.3 Å². The van der Waals surface area contributed by atoms with Crippen molar-refractivity contribution in [2.45, 2.75) is 6.04 Å². The molecule has 10 heavy (non-hydrogen) atoms. The monoisotopic (exact) mass is 134 g/mol. The van der Waals surface area contributed by atoms with Crippen LogP contribution in [0.1, 0.15) is 11.7 Å². The first kappa shape index (κ1) is 6.96. The third kappa shape index (κ3) is 1.42. The summed E-state index contributed by atoms with van der Waals surface area (Å²) in [6.07, 6.45) is 3.39. The summed E-state index contributed by atoms with van der Waals surface area (Å²) in [5, 5.41) is 0. The van der Waals surface area contributed by atoms with Gasteiger partial charge in [-0.3, -0.25) is 4.98 Å². The van der Waals surface area contributed by atoms with Crippen LogP contribution in [-0.2, 0) is 0 Å². The first-order valence-electron chi connectivity index (χ1n) is 3.13. The van der Waals surface area contributed by atoms with Gasteiger partial charge >= 0.3 is 0 Å². The molecule has 0 fully saturated rings. The number of hydrogen-bond acceptors (Lipinski definition) is 2. The first-order chi connectivity index (χ1) is 4.84. The smallest absolute Gasteiger partial charge is 0.0653 e. The fourth-order valence-electron chi connectivity index (χ4n) is 0.694. The second-order valence-electron chi connectivity index (χ2n) is 2.02. The Morgan fingerprint density at radius 3 is 2.90 bits per heavy atom. The zero-order valence-electron chi connectivity index (χ0n) is 5.70. The molecule has 1 atom stereocenters. The Kier molecular flexibility index (Phi) is 2.18. The molecule has 0 saturated carbocycles. The molecule has 2 nitrogen and oxygen atoms in total. The minimum atomic E-state index is -0.138. The van der Waals surface area contributed by atoms with Crippen molar-refractivity contribution in [3.05, 3.63) is 42.7 Å². The molecule has 0 aromatic carbocycles. The second kappa shape index (κ2) is 3.13. The minimum absolute atomic E-state index is 0.138. The van der Waals surface area contributed by atoms with Gasteiger partial charge in [0.1, 0.15) is 0 Å². The van der Waals surface area contributed by atoms with Crippen LogP contribution in [0, 0.1) is 0 Å². The summed E-state index contributed by atoms with van der Waals surface area (Å²) < 4.78 is 0. The van der Waals surface area contributed by atoms with E-state index in [1.165, 1.54) is 0 Å². The fourth-order valence-corrected chi connectivity index (χ4v) is 0.694. The molecule has 0 spiro atoms. The van der Waals surface area contributed by atoms with E-state index in [4.69, 9.17) is 5.73 Å². The van der Waals surface area contributed by atoms with Gasteiger partial charge in [0, 0.05) is 6.20 Å². The Morgan fingerprint density at radius 2 is 2.40 bits per heavy atom. The zero-order valence-corrected chi connectivity index (χ0v) is 5.70. The van der Waals surface area contributed by atoms with Crippen molar-refractivity contribution in [1.82, 2.24) is 4.98 Å². The minimum Gasteiger partial charge on any atom is -0.319 e. The van der Waals surface area contributed by atoms with Gasteiger partial charge in [-0.2, -0.15) is 0 Å². The molecule has 1 rings (SSSR count). The molecule has 0 amide bonds. The van der Waals surface area contributed by atoms with Crippen LogP contribution < -0.4 is 5.73 Å². The molecule has 52 valence electrons. The van der Waals surface area contributed by atoms with E-state index in [2.05, 4.69) is 11.6 Å². The highest BCUT2D eigenvalue weighted by atomic mass is 14.7. The lowest BCUT2D eigenvalue weighted by Gasteiger charge is -2.02. The van der Waals surface area contributed by atoms with Crippen LogP contribution in [0.3, 0.4) is 0 Å². The van der Waals surface area contributed by atoms with Crippen molar-refractivity contribution < 1.29 is 0 Å². The summed E-state index contributed by atoms with van der Waals surface area (Å²) in [5.41, 5.74) is 6.47. The Bertz CT molecular complexity index is 206. The van der Waals surface area contributed by atoms with Gasteiger partial charge in [-0.05, 0) is 12.1 Å². The molecule has 0 aliphatic rings. The Hall–Kier alpha value is -1.15. The highest BCUT2D eigenvalue weighted by Gasteiger charge is 1.98. The molecule has 0 bridgehead atoms. The third-order valence-electron chi connectivity index (χ3n) is 1.28. The molecule has 2 heteroatoms. The van der Waals surface area contributed by atoms with Crippen LogP contribution in [-0.4, -0.2) is 4.98 Å². The number of rotatable bonds is 2. The molecule has 0 saturated heterocycles. The van der Waals surface area contributed by atoms with Crippen molar-refractivity contribution in [2.75, 3.05) is 0 Å². The molecule has 1 aromatic rings. The van der Waals surface area contributed by atoms with Gasteiger partial charge in [-0.1, -0.05) is 12.1 Å². The van der Waals surface area contributed by atoms with E-state index >= 15 is 0 Å². The largest absolute Gasteiger partial charge is 0.319 e. The molecular formula is C8H10N2. The average Bonchev–Trinajstić information content (AvgIpc) is 2.05. The molecule has 0 aliphatic heterocycles. The third-order valence-corrected chi connectivity index (χ3v) is 1.28. The van der Waals surface area contributed by atoms with Crippen molar-refractivity contribution in [3.8, 4) is 0 Å². The number of hydrogen-bond donors (Lipinski definition) is 1. The van der Waals surface area contributed by atoms with Crippen molar-refractivity contribution in [1.29, 1.82) is 0 Å². The van der Waals surface area contributed by atoms with Gasteiger partial charge in [-0.15, -0.1) is 6.58 Å². The highest BCUT2D eigenvalue weighted by molar-refractivity contribution is 5.12. The van der Waals surface area contributed by atoms with Crippen molar-refractivity contribution in [3.63, 3.8) is 0 Å². The Morgan fingerprint density at radius 1 is 1.60 bits per heavy atom. The summed E-state index contributed by atoms with van der Waals surface area (Å²) in [6.45, 7) is 3.57. The van der Waals surface area contributed by atoms with Crippen LogP contribution >= 0.6 is 0 Å². The maximum absolute atomic E-state index is 5.61. The molecule has 2 N–H and O–H groups in total. The van der Waals surface area contributed by atoms with Crippen LogP contribution in [0.15, 0.2) is 37.1 Å². The van der Waals surface area contributed by atoms with Gasteiger partial charge in [0.05, 0.1) is 11.7 Å². The first-order valence-corrected chi connectivity index (χ1v) is 3.13. The molecule has 0 aliphatic carbocycles. The molecule has 1 heterocycles. The van der Waals surface area contributed by atoms with Crippen LogP contribution in [0.4, 0.5) is 0 Å². The van der Waals surface area contributed by atoms with Crippen LogP contribution in [0.5, 0.6) is 0 Å². The van der Waals surface area contributed by atoms with E-state index in [9.17, 15) is 0 Å². The zero-order chi connectivity index (χ0) is 7.40. The van der Waals surface area contributed by atoms with Crippen molar-refractivity contribution in [2.24, 2.45) is 5.73 Å². The topological polar surface area (TPSA) is 38.9 Å². The van der Waals surface area contributed by atoms with Crippen molar-refractivity contribution >= 4 is 0 Å². The maximum atomic E-state index is 5.61. The quantitative estimate of drug-likeness (QED) is 0.618. The molecule has 1 aromatic heterocycles. The molecule has 0 unspecified atom stereocenters. The lowest BCUT2D eigenvalue weighted by atomic mass is 10.2. The number of nitrogens with two attached hydrogens (primary N) is 1. The standard InChI is InChI=1S/C8H10N2/c1-2-7(9)8-5-3-4-6-10-8/h2-7H,1,9H2/t7-/m1/s1. The van der Waals surface area contributed by atoms with Gasteiger partial charge in [-0.25, -0.2) is 0 Å². The molecule has 0 radical (unpaired) electrons.